The van der Waals surface area contributed by atoms with E-state index in [1.807, 2.05) is 17.6 Å². The van der Waals surface area contributed by atoms with E-state index in [1.165, 1.54) is 11.4 Å². The predicted molar refractivity (Wildman–Crippen MR) is 121 cm³/mol. The molecule has 1 fully saturated rings. The molecule has 156 valence electrons. The summed E-state index contributed by atoms with van der Waals surface area (Å²) in [6, 6.07) is 10.6. The molecule has 2 aliphatic heterocycles. The van der Waals surface area contributed by atoms with E-state index in [2.05, 4.69) is 64.1 Å². The van der Waals surface area contributed by atoms with E-state index in [0.717, 1.165) is 43.9 Å². The number of carbonyl (C=O) groups is 1. The summed E-state index contributed by atoms with van der Waals surface area (Å²) < 4.78 is 2.23. The van der Waals surface area contributed by atoms with Gasteiger partial charge in [-0.05, 0) is 65.4 Å². The molecule has 2 aliphatic rings. The van der Waals surface area contributed by atoms with Gasteiger partial charge in [-0.15, -0.1) is 0 Å². The molecular formula is C24H28N4OS. The lowest BCUT2D eigenvalue weighted by atomic mass is 9.88. The molecule has 0 radical (unpaired) electrons. The zero-order chi connectivity index (χ0) is 20.7. The van der Waals surface area contributed by atoms with Gasteiger partial charge >= 0.3 is 0 Å². The van der Waals surface area contributed by atoms with Crippen LogP contribution in [0.25, 0.3) is 5.82 Å². The number of hydrogen-bond donors (Lipinski definition) is 0. The minimum absolute atomic E-state index is 0.196. The molecule has 1 unspecified atom stereocenters. The van der Waals surface area contributed by atoms with Gasteiger partial charge in [0.15, 0.2) is 5.82 Å². The summed E-state index contributed by atoms with van der Waals surface area (Å²) in [6.45, 7) is 7.03. The van der Waals surface area contributed by atoms with Crippen molar-refractivity contribution in [2.45, 2.75) is 38.6 Å². The van der Waals surface area contributed by atoms with Crippen LogP contribution < -0.4 is 4.90 Å². The first-order chi connectivity index (χ1) is 14.6. The van der Waals surface area contributed by atoms with Crippen LogP contribution in [0.5, 0.6) is 0 Å². The van der Waals surface area contributed by atoms with Crippen molar-refractivity contribution in [3.63, 3.8) is 0 Å². The monoisotopic (exact) mass is 420 g/mol. The van der Waals surface area contributed by atoms with Crippen molar-refractivity contribution < 1.29 is 4.79 Å². The molecule has 1 spiro atoms. The molecule has 1 saturated heterocycles. The zero-order valence-electron chi connectivity index (χ0n) is 17.6. The second-order valence-corrected chi connectivity index (χ2v) is 9.63. The number of nitrogens with zero attached hydrogens (tertiary/aromatic N) is 4. The van der Waals surface area contributed by atoms with Crippen molar-refractivity contribution in [3.05, 3.63) is 64.7 Å². The van der Waals surface area contributed by atoms with E-state index in [4.69, 9.17) is 4.98 Å². The average molecular weight is 421 g/mol. The Balaban J connectivity index is 1.51. The maximum atomic E-state index is 13.1. The second-order valence-electron chi connectivity index (χ2n) is 8.85. The number of aromatic nitrogens is 2. The largest absolute Gasteiger partial charge is 0.355 e. The van der Waals surface area contributed by atoms with Crippen LogP contribution >= 0.6 is 11.3 Å². The molecule has 5 nitrogen and oxygen atoms in total. The van der Waals surface area contributed by atoms with Gasteiger partial charge in [-0.1, -0.05) is 13.8 Å². The summed E-state index contributed by atoms with van der Waals surface area (Å²) in [4.78, 5) is 22.4. The number of carbonyl (C=O) groups excluding carboxylic acids is 1. The molecule has 3 aromatic heterocycles. The van der Waals surface area contributed by atoms with E-state index in [1.54, 1.807) is 11.3 Å². The average Bonchev–Trinajstić information content (AvgIpc) is 3.49. The highest BCUT2D eigenvalue weighted by molar-refractivity contribution is 7.08. The molecule has 0 N–H and O–H groups in total. The maximum absolute atomic E-state index is 13.1. The Morgan fingerprint density at radius 3 is 2.97 bits per heavy atom. The Bertz CT molecular complexity index is 1040. The van der Waals surface area contributed by atoms with Crippen molar-refractivity contribution in [2.24, 2.45) is 5.92 Å². The Labute approximate surface area is 182 Å². The SMILES string of the molecule is CC(C)CCN1c2cccnc2-n2cccc2C12CCN(C(=O)Cc1ccsc1)C2. The molecule has 1 amide bonds. The predicted octanol–water partition coefficient (Wildman–Crippen LogP) is 4.47. The molecule has 0 saturated carbocycles. The zero-order valence-corrected chi connectivity index (χ0v) is 18.4. The van der Waals surface area contributed by atoms with Crippen molar-refractivity contribution in [1.29, 1.82) is 0 Å². The van der Waals surface area contributed by atoms with E-state index < -0.39 is 0 Å². The summed E-state index contributed by atoms with van der Waals surface area (Å²) in [5, 5.41) is 4.12. The van der Waals surface area contributed by atoms with Crippen LogP contribution in [0.15, 0.2) is 53.5 Å². The molecule has 6 heteroatoms. The van der Waals surface area contributed by atoms with Gasteiger partial charge in [-0.2, -0.15) is 11.3 Å². The first-order valence-corrected chi connectivity index (χ1v) is 11.7. The molecule has 30 heavy (non-hydrogen) atoms. The third kappa shape index (κ3) is 3.14. The Morgan fingerprint density at radius 2 is 2.17 bits per heavy atom. The Hall–Kier alpha value is -2.60. The van der Waals surface area contributed by atoms with Gasteiger partial charge in [0.25, 0.3) is 0 Å². The summed E-state index contributed by atoms with van der Waals surface area (Å²) in [5.41, 5.74) is 3.35. The lowest BCUT2D eigenvalue weighted by Crippen LogP contribution is -2.53. The highest BCUT2D eigenvalue weighted by Gasteiger charge is 2.50. The summed E-state index contributed by atoms with van der Waals surface area (Å²) in [6.07, 6.45) is 6.52. The van der Waals surface area contributed by atoms with Gasteiger partial charge < -0.3 is 14.4 Å². The van der Waals surface area contributed by atoms with Gasteiger partial charge in [0.05, 0.1) is 17.8 Å². The minimum Gasteiger partial charge on any atom is -0.355 e. The van der Waals surface area contributed by atoms with Gasteiger partial charge in [-0.3, -0.25) is 4.79 Å². The lowest BCUT2D eigenvalue weighted by Gasteiger charge is -2.47. The fourth-order valence-corrected chi connectivity index (χ4v) is 5.60. The number of fused-ring (bicyclic) bond motifs is 4. The lowest BCUT2D eigenvalue weighted by molar-refractivity contribution is -0.129. The standard InChI is InChI=1S/C24H28N4OS/c1-18(2)7-12-28-20-5-3-10-25-23(20)27-11-4-6-21(27)24(28)9-13-26(17-24)22(29)15-19-8-14-30-16-19/h3-6,8,10-11,14,16,18H,7,9,12-13,15,17H2,1-2H3. The normalized spacial score (nSPS) is 20.1. The van der Waals surface area contributed by atoms with Gasteiger partial charge in [0.1, 0.15) is 5.54 Å². The van der Waals surface area contributed by atoms with Crippen LogP contribution in [0, 0.1) is 5.92 Å². The van der Waals surface area contributed by atoms with Crippen LogP contribution in [0.2, 0.25) is 0 Å². The third-order valence-electron chi connectivity index (χ3n) is 6.49. The van der Waals surface area contributed by atoms with Crippen LogP contribution in [0.3, 0.4) is 0 Å². The first-order valence-electron chi connectivity index (χ1n) is 10.8. The smallest absolute Gasteiger partial charge is 0.227 e. The third-order valence-corrected chi connectivity index (χ3v) is 7.23. The van der Waals surface area contributed by atoms with Crippen LogP contribution in [0.1, 0.15) is 37.9 Å². The highest BCUT2D eigenvalue weighted by Crippen LogP contribution is 2.47. The molecule has 3 aromatic rings. The van der Waals surface area contributed by atoms with Crippen LogP contribution in [-0.2, 0) is 16.8 Å². The number of hydrogen-bond acceptors (Lipinski definition) is 4. The number of rotatable bonds is 5. The molecule has 0 bridgehead atoms. The molecule has 5 rings (SSSR count). The number of thiophene rings is 1. The maximum Gasteiger partial charge on any atom is 0.227 e. The van der Waals surface area contributed by atoms with Gasteiger partial charge in [0.2, 0.25) is 5.91 Å². The number of pyridine rings is 1. The van der Waals surface area contributed by atoms with Crippen molar-refractivity contribution in [1.82, 2.24) is 14.5 Å². The topological polar surface area (TPSA) is 41.4 Å². The number of likely N-dealkylation sites (tertiary alicyclic amines) is 1. The summed E-state index contributed by atoms with van der Waals surface area (Å²) in [7, 11) is 0. The molecule has 0 aliphatic carbocycles. The second kappa shape index (κ2) is 7.58. The van der Waals surface area contributed by atoms with E-state index in [-0.39, 0.29) is 11.4 Å². The highest BCUT2D eigenvalue weighted by atomic mass is 32.1. The number of amides is 1. The molecule has 5 heterocycles. The summed E-state index contributed by atoms with van der Waals surface area (Å²) >= 11 is 1.65. The van der Waals surface area contributed by atoms with E-state index in [0.29, 0.717) is 12.3 Å². The molecular weight excluding hydrogens is 392 g/mol. The fraction of sp³-hybridized carbons (Fsp3) is 0.417. The molecule has 1 atom stereocenters. The van der Waals surface area contributed by atoms with Crippen molar-refractivity contribution in [3.8, 4) is 5.82 Å². The fourth-order valence-electron chi connectivity index (χ4n) is 4.94. The Morgan fingerprint density at radius 1 is 1.27 bits per heavy atom. The molecule has 0 aromatic carbocycles. The summed E-state index contributed by atoms with van der Waals surface area (Å²) in [5.74, 6) is 1.84. The van der Waals surface area contributed by atoms with Gasteiger partial charge in [0, 0.05) is 32.0 Å². The Kier molecular flexibility index (Phi) is 4.89. The first kappa shape index (κ1) is 19.4. The van der Waals surface area contributed by atoms with Crippen molar-refractivity contribution in [2.75, 3.05) is 24.5 Å². The van der Waals surface area contributed by atoms with E-state index in [9.17, 15) is 4.79 Å². The van der Waals surface area contributed by atoms with Crippen LogP contribution in [-0.4, -0.2) is 40.0 Å². The quantitative estimate of drug-likeness (QED) is 0.612. The van der Waals surface area contributed by atoms with Crippen molar-refractivity contribution >= 4 is 22.9 Å². The minimum atomic E-state index is -0.196. The van der Waals surface area contributed by atoms with E-state index >= 15 is 0 Å². The van der Waals surface area contributed by atoms with Crippen LogP contribution in [0.4, 0.5) is 5.69 Å². The van der Waals surface area contributed by atoms with Gasteiger partial charge in [-0.25, -0.2) is 4.98 Å². The number of anilines is 1.